The number of thiophene rings is 1. The maximum atomic E-state index is 5.49. The Morgan fingerprint density at radius 1 is 1.36 bits per heavy atom. The van der Waals surface area contributed by atoms with E-state index in [9.17, 15) is 0 Å². The fourth-order valence-corrected chi connectivity index (χ4v) is 2.41. The average Bonchev–Trinajstić information content (AvgIpc) is 2.45. The van der Waals surface area contributed by atoms with E-state index in [2.05, 4.69) is 25.2 Å². The molecule has 1 aromatic heterocycles. The molecule has 14 heavy (non-hydrogen) atoms. The number of ether oxygens (including phenoxy) is 1. The van der Waals surface area contributed by atoms with Gasteiger partial charge < -0.3 is 10.1 Å². The molecule has 0 fully saturated rings. The van der Waals surface area contributed by atoms with Crippen LogP contribution in [0.25, 0.3) is 0 Å². The maximum Gasteiger partial charge on any atom is 0.0590 e. The van der Waals surface area contributed by atoms with E-state index in [1.54, 1.807) is 0 Å². The van der Waals surface area contributed by atoms with Gasteiger partial charge in [0.2, 0.25) is 0 Å². The first-order chi connectivity index (χ1) is 6.74. The van der Waals surface area contributed by atoms with E-state index in [-0.39, 0.29) is 0 Å². The van der Waals surface area contributed by atoms with Crippen LogP contribution in [-0.2, 0) is 11.2 Å². The molecule has 3 heteroatoms. The number of hydrogen-bond donors (Lipinski definition) is 1. The molecule has 1 N–H and O–H groups in total. The summed E-state index contributed by atoms with van der Waals surface area (Å²) in [6, 6.07) is 2.24. The summed E-state index contributed by atoms with van der Waals surface area (Å²) < 4.78 is 5.49. The molecule has 0 amide bonds. The third-order valence-corrected chi connectivity index (χ3v) is 3.33. The Balaban J connectivity index is 2.21. The minimum atomic E-state index is 0.805. The van der Waals surface area contributed by atoms with Crippen molar-refractivity contribution >= 4 is 11.3 Å². The van der Waals surface area contributed by atoms with Crippen LogP contribution in [0.2, 0.25) is 0 Å². The molecule has 0 radical (unpaired) electrons. The minimum absolute atomic E-state index is 0.805. The summed E-state index contributed by atoms with van der Waals surface area (Å²) in [5.74, 6) is 0. The molecule has 0 aromatic carbocycles. The average molecular weight is 213 g/mol. The van der Waals surface area contributed by atoms with Gasteiger partial charge in [0.15, 0.2) is 0 Å². The SMILES string of the molecule is CNCCOCCc1sc(C)cc1C. The van der Waals surface area contributed by atoms with Crippen LogP contribution in [0.4, 0.5) is 0 Å². The van der Waals surface area contributed by atoms with Crippen molar-refractivity contribution in [3.05, 3.63) is 21.4 Å². The lowest BCUT2D eigenvalue weighted by Gasteiger charge is -2.02. The summed E-state index contributed by atoms with van der Waals surface area (Å²) >= 11 is 1.88. The fraction of sp³-hybridized carbons (Fsp3) is 0.636. The Labute approximate surface area is 90.3 Å². The van der Waals surface area contributed by atoms with Gasteiger partial charge in [0.05, 0.1) is 13.2 Å². The second-order valence-electron chi connectivity index (χ2n) is 3.43. The lowest BCUT2D eigenvalue weighted by molar-refractivity contribution is 0.141. The molecule has 0 aliphatic rings. The van der Waals surface area contributed by atoms with Crippen molar-refractivity contribution < 1.29 is 4.74 Å². The van der Waals surface area contributed by atoms with Crippen molar-refractivity contribution in [2.24, 2.45) is 0 Å². The van der Waals surface area contributed by atoms with Crippen molar-refractivity contribution in [1.29, 1.82) is 0 Å². The number of aryl methyl sites for hydroxylation is 2. The zero-order valence-electron chi connectivity index (χ0n) is 9.22. The molecule has 0 aliphatic heterocycles. The normalized spacial score (nSPS) is 10.8. The highest BCUT2D eigenvalue weighted by molar-refractivity contribution is 7.12. The van der Waals surface area contributed by atoms with Crippen molar-refractivity contribution in [3.63, 3.8) is 0 Å². The number of nitrogens with one attached hydrogen (secondary N) is 1. The van der Waals surface area contributed by atoms with E-state index >= 15 is 0 Å². The van der Waals surface area contributed by atoms with Gasteiger partial charge in [-0.25, -0.2) is 0 Å². The predicted octanol–water partition coefficient (Wildman–Crippen LogP) is 2.14. The highest BCUT2D eigenvalue weighted by Gasteiger charge is 2.02. The highest BCUT2D eigenvalue weighted by Crippen LogP contribution is 2.21. The standard InChI is InChI=1S/C11H19NOS/c1-9-8-10(2)14-11(9)4-6-13-7-5-12-3/h8,12H,4-7H2,1-3H3. The van der Waals surface area contributed by atoms with E-state index in [4.69, 9.17) is 4.74 Å². The quantitative estimate of drug-likeness (QED) is 0.731. The van der Waals surface area contributed by atoms with Crippen molar-refractivity contribution in [1.82, 2.24) is 5.32 Å². The third kappa shape index (κ3) is 3.78. The first-order valence-corrected chi connectivity index (χ1v) is 5.84. The van der Waals surface area contributed by atoms with Crippen molar-refractivity contribution in [2.75, 3.05) is 26.8 Å². The van der Waals surface area contributed by atoms with Gasteiger partial charge in [0.1, 0.15) is 0 Å². The van der Waals surface area contributed by atoms with Gasteiger partial charge in [0, 0.05) is 22.7 Å². The molecule has 0 saturated carbocycles. The van der Waals surface area contributed by atoms with E-state index in [0.29, 0.717) is 0 Å². The Bertz CT molecular complexity index is 270. The van der Waals surface area contributed by atoms with E-state index < -0.39 is 0 Å². The lowest BCUT2D eigenvalue weighted by atomic mass is 10.2. The van der Waals surface area contributed by atoms with E-state index in [1.807, 2.05) is 18.4 Å². The van der Waals surface area contributed by atoms with Gasteiger partial charge in [0.25, 0.3) is 0 Å². The van der Waals surface area contributed by atoms with Gasteiger partial charge >= 0.3 is 0 Å². The molecule has 80 valence electrons. The van der Waals surface area contributed by atoms with Crippen LogP contribution in [0, 0.1) is 13.8 Å². The summed E-state index contributed by atoms with van der Waals surface area (Å²) in [4.78, 5) is 2.86. The molecule has 0 saturated heterocycles. The molecule has 0 aliphatic carbocycles. The topological polar surface area (TPSA) is 21.3 Å². The van der Waals surface area contributed by atoms with Gasteiger partial charge in [-0.05, 0) is 32.5 Å². The van der Waals surface area contributed by atoms with Gasteiger partial charge in [-0.2, -0.15) is 0 Å². The molecule has 1 heterocycles. The first kappa shape index (κ1) is 11.7. The van der Waals surface area contributed by atoms with E-state index in [0.717, 1.165) is 26.2 Å². The first-order valence-electron chi connectivity index (χ1n) is 5.02. The molecule has 0 bridgehead atoms. The Kier molecular flexibility index (Phi) is 5.15. The molecule has 0 spiro atoms. The van der Waals surface area contributed by atoms with Crippen molar-refractivity contribution in [3.8, 4) is 0 Å². The minimum Gasteiger partial charge on any atom is -0.380 e. The van der Waals surface area contributed by atoms with Crippen LogP contribution >= 0.6 is 11.3 Å². The van der Waals surface area contributed by atoms with Crippen LogP contribution in [0.15, 0.2) is 6.07 Å². The lowest BCUT2D eigenvalue weighted by Crippen LogP contribution is -2.15. The molecule has 0 unspecified atom stereocenters. The van der Waals surface area contributed by atoms with Crippen LogP contribution in [0.5, 0.6) is 0 Å². The Morgan fingerprint density at radius 2 is 2.14 bits per heavy atom. The molecule has 2 nitrogen and oxygen atoms in total. The molecular weight excluding hydrogens is 194 g/mol. The van der Waals surface area contributed by atoms with Crippen LogP contribution < -0.4 is 5.32 Å². The summed E-state index contributed by atoms with van der Waals surface area (Å²) in [5.41, 5.74) is 1.41. The second kappa shape index (κ2) is 6.17. The van der Waals surface area contributed by atoms with Crippen molar-refractivity contribution in [2.45, 2.75) is 20.3 Å². The highest BCUT2D eigenvalue weighted by atomic mass is 32.1. The second-order valence-corrected chi connectivity index (χ2v) is 4.77. The molecular formula is C11H19NOS. The third-order valence-electron chi connectivity index (χ3n) is 2.11. The number of likely N-dealkylation sites (N-methyl/N-ethyl adjacent to an activating group) is 1. The number of hydrogen-bond acceptors (Lipinski definition) is 3. The monoisotopic (exact) mass is 213 g/mol. The summed E-state index contributed by atoms with van der Waals surface area (Å²) in [6.07, 6.45) is 1.05. The Morgan fingerprint density at radius 3 is 2.71 bits per heavy atom. The zero-order valence-corrected chi connectivity index (χ0v) is 10.0. The largest absolute Gasteiger partial charge is 0.380 e. The molecule has 1 aromatic rings. The Hall–Kier alpha value is -0.380. The van der Waals surface area contributed by atoms with Gasteiger partial charge in [-0.15, -0.1) is 11.3 Å². The number of rotatable bonds is 6. The summed E-state index contributed by atoms with van der Waals surface area (Å²) in [6.45, 7) is 6.90. The van der Waals surface area contributed by atoms with Gasteiger partial charge in [-0.3, -0.25) is 0 Å². The predicted molar refractivity (Wildman–Crippen MR) is 62.2 cm³/mol. The summed E-state index contributed by atoms with van der Waals surface area (Å²) in [7, 11) is 1.94. The fourth-order valence-electron chi connectivity index (χ4n) is 1.38. The molecule has 0 atom stereocenters. The van der Waals surface area contributed by atoms with Crippen LogP contribution in [-0.4, -0.2) is 26.8 Å². The maximum absolute atomic E-state index is 5.49. The summed E-state index contributed by atoms with van der Waals surface area (Å²) in [5, 5.41) is 3.06. The zero-order chi connectivity index (χ0) is 10.4. The molecule has 1 rings (SSSR count). The van der Waals surface area contributed by atoms with Gasteiger partial charge in [-0.1, -0.05) is 0 Å². The van der Waals surface area contributed by atoms with E-state index in [1.165, 1.54) is 15.3 Å². The van der Waals surface area contributed by atoms with Crippen LogP contribution in [0.1, 0.15) is 15.3 Å². The smallest absolute Gasteiger partial charge is 0.0590 e. The van der Waals surface area contributed by atoms with Crippen LogP contribution in [0.3, 0.4) is 0 Å².